The average molecular weight is 170 g/mol. The maximum atomic E-state index is 9.47. The summed E-state index contributed by atoms with van der Waals surface area (Å²) in [5, 5.41) is 18.9. The van der Waals surface area contributed by atoms with Crippen LogP contribution in [0.25, 0.3) is 0 Å². The highest BCUT2D eigenvalue weighted by Gasteiger charge is 2.24. The Balaban J connectivity index is 2.53. The van der Waals surface area contributed by atoms with Crippen LogP contribution in [0, 0.1) is 0 Å². The van der Waals surface area contributed by atoms with Crippen molar-refractivity contribution in [3.05, 3.63) is 24.2 Å². The Hall–Kier alpha value is -0.800. The molecule has 1 heterocycles. The highest BCUT2D eigenvalue weighted by atomic mass is 16.3. The highest BCUT2D eigenvalue weighted by molar-refractivity contribution is 5.07. The van der Waals surface area contributed by atoms with Gasteiger partial charge in [0.25, 0.3) is 0 Å². The van der Waals surface area contributed by atoms with Crippen LogP contribution in [0.1, 0.15) is 19.4 Å². The first kappa shape index (κ1) is 9.29. The lowest BCUT2D eigenvalue weighted by molar-refractivity contribution is -0.0469. The van der Waals surface area contributed by atoms with Gasteiger partial charge in [0.05, 0.1) is 24.2 Å². The van der Waals surface area contributed by atoms with E-state index in [1.165, 1.54) is 0 Å². The minimum absolute atomic E-state index is 0.417. The zero-order valence-corrected chi connectivity index (χ0v) is 7.32. The van der Waals surface area contributed by atoms with Crippen LogP contribution in [-0.2, 0) is 6.42 Å². The van der Waals surface area contributed by atoms with Gasteiger partial charge in [0.15, 0.2) is 0 Å². The third kappa shape index (κ3) is 2.36. The number of hydrogen-bond donors (Lipinski definition) is 2. The van der Waals surface area contributed by atoms with Crippen molar-refractivity contribution in [3.8, 4) is 0 Å². The van der Waals surface area contributed by atoms with E-state index in [4.69, 9.17) is 4.42 Å². The fraction of sp³-hybridized carbons (Fsp3) is 0.556. The Morgan fingerprint density at radius 1 is 1.58 bits per heavy atom. The van der Waals surface area contributed by atoms with Crippen molar-refractivity contribution < 1.29 is 14.6 Å². The van der Waals surface area contributed by atoms with Gasteiger partial charge in [-0.25, -0.2) is 0 Å². The van der Waals surface area contributed by atoms with E-state index in [0.717, 1.165) is 5.56 Å². The molecule has 0 spiro atoms. The quantitative estimate of drug-likeness (QED) is 0.710. The highest BCUT2D eigenvalue weighted by Crippen LogP contribution is 2.14. The molecule has 0 radical (unpaired) electrons. The van der Waals surface area contributed by atoms with Gasteiger partial charge in [-0.15, -0.1) is 0 Å². The predicted molar refractivity (Wildman–Crippen MR) is 44.7 cm³/mol. The molecule has 1 aromatic heterocycles. The van der Waals surface area contributed by atoms with E-state index in [1.807, 2.05) is 0 Å². The summed E-state index contributed by atoms with van der Waals surface area (Å²) in [6.07, 6.45) is 2.77. The van der Waals surface area contributed by atoms with Gasteiger partial charge >= 0.3 is 0 Å². The summed E-state index contributed by atoms with van der Waals surface area (Å²) < 4.78 is 4.84. The van der Waals surface area contributed by atoms with Gasteiger partial charge in [0.2, 0.25) is 0 Å². The molecule has 1 unspecified atom stereocenters. The molecule has 0 saturated heterocycles. The van der Waals surface area contributed by atoms with Crippen molar-refractivity contribution in [2.45, 2.75) is 32.0 Å². The predicted octanol–water partition coefficient (Wildman–Crippen LogP) is 0.954. The summed E-state index contributed by atoms with van der Waals surface area (Å²) >= 11 is 0. The second-order valence-corrected chi connectivity index (χ2v) is 3.51. The number of aliphatic hydroxyl groups is 2. The number of furan rings is 1. The van der Waals surface area contributed by atoms with E-state index in [1.54, 1.807) is 32.4 Å². The number of rotatable bonds is 3. The molecule has 3 heteroatoms. The largest absolute Gasteiger partial charge is 0.472 e. The first-order chi connectivity index (χ1) is 5.50. The van der Waals surface area contributed by atoms with Crippen LogP contribution in [-0.4, -0.2) is 21.9 Å². The second-order valence-electron chi connectivity index (χ2n) is 3.51. The normalized spacial score (nSPS) is 14.7. The molecule has 1 rings (SSSR count). The van der Waals surface area contributed by atoms with Crippen molar-refractivity contribution in [1.29, 1.82) is 0 Å². The SMILES string of the molecule is CC(C)(O)C(O)Cc1ccoc1. The average Bonchev–Trinajstić information content (AvgIpc) is 2.37. The molecule has 2 N–H and O–H groups in total. The first-order valence-corrected chi connectivity index (χ1v) is 3.91. The summed E-state index contributed by atoms with van der Waals surface area (Å²) in [6.45, 7) is 3.16. The zero-order chi connectivity index (χ0) is 9.19. The van der Waals surface area contributed by atoms with Crippen molar-refractivity contribution in [2.24, 2.45) is 0 Å². The van der Waals surface area contributed by atoms with Crippen LogP contribution in [0.2, 0.25) is 0 Å². The monoisotopic (exact) mass is 170 g/mol. The summed E-state index contributed by atoms with van der Waals surface area (Å²) in [4.78, 5) is 0. The molecule has 0 aliphatic rings. The van der Waals surface area contributed by atoms with Gasteiger partial charge in [-0.05, 0) is 25.5 Å². The van der Waals surface area contributed by atoms with E-state index in [9.17, 15) is 10.2 Å². The van der Waals surface area contributed by atoms with E-state index in [2.05, 4.69) is 0 Å². The van der Waals surface area contributed by atoms with E-state index in [-0.39, 0.29) is 0 Å². The Morgan fingerprint density at radius 3 is 2.67 bits per heavy atom. The lowest BCUT2D eigenvalue weighted by atomic mass is 9.97. The first-order valence-electron chi connectivity index (χ1n) is 3.91. The maximum Gasteiger partial charge on any atom is 0.0935 e. The summed E-state index contributed by atoms with van der Waals surface area (Å²) in [5.74, 6) is 0. The molecule has 0 bridgehead atoms. The summed E-state index contributed by atoms with van der Waals surface area (Å²) in [6, 6.07) is 1.77. The summed E-state index contributed by atoms with van der Waals surface area (Å²) in [5.41, 5.74) is -0.165. The van der Waals surface area contributed by atoms with Crippen molar-refractivity contribution in [1.82, 2.24) is 0 Å². The van der Waals surface area contributed by atoms with Gasteiger partial charge in [-0.2, -0.15) is 0 Å². The van der Waals surface area contributed by atoms with E-state index >= 15 is 0 Å². The van der Waals surface area contributed by atoms with E-state index in [0.29, 0.717) is 6.42 Å². The van der Waals surface area contributed by atoms with E-state index < -0.39 is 11.7 Å². The molecule has 0 fully saturated rings. The van der Waals surface area contributed by atoms with Crippen LogP contribution in [0.4, 0.5) is 0 Å². The van der Waals surface area contributed by atoms with Crippen LogP contribution in [0.3, 0.4) is 0 Å². The lowest BCUT2D eigenvalue weighted by Gasteiger charge is -2.23. The molecule has 0 amide bonds. The van der Waals surface area contributed by atoms with Crippen LogP contribution in [0.5, 0.6) is 0 Å². The minimum atomic E-state index is -1.06. The molecule has 12 heavy (non-hydrogen) atoms. The standard InChI is InChI=1S/C9H14O3/c1-9(2,11)8(10)5-7-3-4-12-6-7/h3-4,6,8,10-11H,5H2,1-2H3. The molecule has 1 atom stereocenters. The fourth-order valence-electron chi connectivity index (χ4n) is 0.882. The smallest absolute Gasteiger partial charge is 0.0935 e. The third-order valence-electron chi connectivity index (χ3n) is 1.82. The van der Waals surface area contributed by atoms with Gasteiger partial charge in [-0.1, -0.05) is 0 Å². The zero-order valence-electron chi connectivity index (χ0n) is 7.32. The van der Waals surface area contributed by atoms with Crippen LogP contribution in [0.15, 0.2) is 23.0 Å². The third-order valence-corrected chi connectivity index (χ3v) is 1.82. The summed E-state index contributed by atoms with van der Waals surface area (Å²) in [7, 11) is 0. The molecule has 0 saturated carbocycles. The van der Waals surface area contributed by atoms with Gasteiger partial charge in [-0.3, -0.25) is 0 Å². The fourth-order valence-corrected chi connectivity index (χ4v) is 0.882. The van der Waals surface area contributed by atoms with Gasteiger partial charge in [0.1, 0.15) is 0 Å². The molecule has 0 aromatic carbocycles. The molecular weight excluding hydrogens is 156 g/mol. The molecule has 0 aliphatic carbocycles. The lowest BCUT2D eigenvalue weighted by Crippen LogP contribution is -2.37. The molecular formula is C9H14O3. The minimum Gasteiger partial charge on any atom is -0.472 e. The number of hydrogen-bond acceptors (Lipinski definition) is 3. The van der Waals surface area contributed by atoms with Crippen molar-refractivity contribution in [3.63, 3.8) is 0 Å². The van der Waals surface area contributed by atoms with Crippen LogP contribution >= 0.6 is 0 Å². The Kier molecular flexibility index (Phi) is 2.55. The second kappa shape index (κ2) is 3.29. The van der Waals surface area contributed by atoms with Crippen molar-refractivity contribution in [2.75, 3.05) is 0 Å². The Morgan fingerprint density at radius 2 is 2.25 bits per heavy atom. The Labute approximate surface area is 71.6 Å². The molecule has 3 nitrogen and oxygen atoms in total. The molecule has 68 valence electrons. The number of aliphatic hydroxyl groups excluding tert-OH is 1. The van der Waals surface area contributed by atoms with Gasteiger partial charge < -0.3 is 14.6 Å². The molecule has 0 aliphatic heterocycles. The van der Waals surface area contributed by atoms with Gasteiger partial charge in [0, 0.05) is 6.42 Å². The van der Waals surface area contributed by atoms with Crippen molar-refractivity contribution >= 4 is 0 Å². The van der Waals surface area contributed by atoms with Crippen LogP contribution < -0.4 is 0 Å². The topological polar surface area (TPSA) is 53.6 Å². The Bertz CT molecular complexity index is 220. The molecule has 1 aromatic rings. The maximum absolute atomic E-state index is 9.47.